The van der Waals surface area contributed by atoms with Crippen LogP contribution in [0, 0.1) is 0 Å². The molecule has 1 N–H and O–H groups in total. The minimum Gasteiger partial charge on any atom is -0.495 e. The molecule has 0 spiro atoms. The van der Waals surface area contributed by atoms with Gasteiger partial charge in [-0.3, -0.25) is 9.10 Å². The van der Waals surface area contributed by atoms with E-state index in [1.807, 2.05) is 12.1 Å². The molecular weight excluding hydrogens is 420 g/mol. The molecule has 156 valence electrons. The molecule has 1 atom stereocenters. The molecule has 1 heterocycles. The van der Waals surface area contributed by atoms with E-state index in [0.717, 1.165) is 10.6 Å². The van der Waals surface area contributed by atoms with Gasteiger partial charge in [0, 0.05) is 0 Å². The molecule has 1 amide bonds. The lowest BCUT2D eigenvalue weighted by molar-refractivity contribution is -0.120. The third-order valence-electron chi connectivity index (χ3n) is 4.21. The Bertz CT molecular complexity index is 998. The molecule has 0 fully saturated rings. The number of halogens is 1. The molecule has 0 unspecified atom stereocenters. The Morgan fingerprint density at radius 3 is 2.66 bits per heavy atom. The quantitative estimate of drug-likeness (QED) is 0.708. The van der Waals surface area contributed by atoms with Crippen LogP contribution < -0.4 is 23.8 Å². The number of para-hydroxylation sites is 2. The van der Waals surface area contributed by atoms with Crippen LogP contribution in [-0.4, -0.2) is 53.5 Å². The molecule has 0 radical (unpaired) electrons. The molecule has 8 nitrogen and oxygen atoms in total. The number of amides is 1. The Morgan fingerprint density at radius 2 is 2.00 bits per heavy atom. The van der Waals surface area contributed by atoms with Gasteiger partial charge in [0.15, 0.2) is 11.5 Å². The van der Waals surface area contributed by atoms with Crippen LogP contribution in [0.2, 0.25) is 5.02 Å². The number of hydrogen-bond donors (Lipinski definition) is 1. The minimum atomic E-state index is -3.72. The highest BCUT2D eigenvalue weighted by Crippen LogP contribution is 2.31. The van der Waals surface area contributed by atoms with Crippen LogP contribution >= 0.6 is 11.6 Å². The normalized spacial score (nSPS) is 15.5. The van der Waals surface area contributed by atoms with Crippen LogP contribution in [0.1, 0.15) is 0 Å². The maximum absolute atomic E-state index is 12.4. The first kappa shape index (κ1) is 21.1. The summed E-state index contributed by atoms with van der Waals surface area (Å²) in [5, 5.41) is 2.93. The van der Waals surface area contributed by atoms with Gasteiger partial charge in [0.1, 0.15) is 25.0 Å². The summed E-state index contributed by atoms with van der Waals surface area (Å²) in [6.45, 7) is 0.0565. The summed E-state index contributed by atoms with van der Waals surface area (Å²) in [4.78, 5) is 12.4. The van der Waals surface area contributed by atoms with E-state index in [4.69, 9.17) is 25.8 Å². The molecule has 0 saturated heterocycles. The summed E-state index contributed by atoms with van der Waals surface area (Å²) in [6.07, 6.45) is 0.643. The fraction of sp³-hybridized carbons (Fsp3) is 0.316. The lowest BCUT2D eigenvalue weighted by Gasteiger charge is -2.27. The predicted molar refractivity (Wildman–Crippen MR) is 110 cm³/mol. The van der Waals surface area contributed by atoms with Gasteiger partial charge in [-0.2, -0.15) is 0 Å². The molecule has 0 aromatic heterocycles. The number of carbonyl (C=O) groups is 1. The second-order valence-electron chi connectivity index (χ2n) is 6.39. The molecule has 1 aliphatic rings. The zero-order chi connectivity index (χ0) is 21.0. The number of nitrogens with zero attached hydrogens (tertiary/aromatic N) is 1. The van der Waals surface area contributed by atoms with E-state index < -0.39 is 22.5 Å². The average Bonchev–Trinajstić information content (AvgIpc) is 2.69. The van der Waals surface area contributed by atoms with Crippen molar-refractivity contribution in [2.45, 2.75) is 6.10 Å². The van der Waals surface area contributed by atoms with Gasteiger partial charge in [0.25, 0.3) is 0 Å². The van der Waals surface area contributed by atoms with Crippen molar-refractivity contribution in [1.82, 2.24) is 5.32 Å². The summed E-state index contributed by atoms with van der Waals surface area (Å²) >= 11 is 6.09. The molecule has 0 saturated carbocycles. The van der Waals surface area contributed by atoms with Gasteiger partial charge < -0.3 is 19.5 Å². The topological polar surface area (TPSA) is 94.2 Å². The molecule has 3 rings (SSSR count). The number of fused-ring (bicyclic) bond motifs is 1. The van der Waals surface area contributed by atoms with Crippen LogP contribution in [-0.2, 0) is 14.8 Å². The van der Waals surface area contributed by atoms with Gasteiger partial charge in [0.2, 0.25) is 15.9 Å². The number of sulfonamides is 1. The summed E-state index contributed by atoms with van der Waals surface area (Å²) in [5.74, 6) is 1.17. The molecule has 2 aromatic rings. The van der Waals surface area contributed by atoms with Crippen molar-refractivity contribution >= 4 is 33.2 Å². The van der Waals surface area contributed by atoms with Crippen molar-refractivity contribution in [1.29, 1.82) is 0 Å². The van der Waals surface area contributed by atoms with Crippen LogP contribution in [0.25, 0.3) is 0 Å². The van der Waals surface area contributed by atoms with E-state index in [-0.39, 0.29) is 30.0 Å². The number of carbonyl (C=O) groups excluding carboxylic acids is 1. The van der Waals surface area contributed by atoms with Gasteiger partial charge in [-0.1, -0.05) is 23.7 Å². The second kappa shape index (κ2) is 8.79. The predicted octanol–water partition coefficient (Wildman–Crippen LogP) is 2.07. The van der Waals surface area contributed by atoms with Crippen molar-refractivity contribution in [3.05, 3.63) is 47.5 Å². The highest BCUT2D eigenvalue weighted by molar-refractivity contribution is 7.92. The summed E-state index contributed by atoms with van der Waals surface area (Å²) in [7, 11) is -2.26. The Labute approximate surface area is 174 Å². The first-order valence-corrected chi connectivity index (χ1v) is 11.0. The molecule has 0 bridgehead atoms. The zero-order valence-corrected chi connectivity index (χ0v) is 17.5. The van der Waals surface area contributed by atoms with Gasteiger partial charge in [0.05, 0.1) is 30.6 Å². The summed E-state index contributed by atoms with van der Waals surface area (Å²) < 4.78 is 41.8. The van der Waals surface area contributed by atoms with E-state index in [2.05, 4.69) is 5.32 Å². The molecule has 29 heavy (non-hydrogen) atoms. The molecule has 0 aliphatic carbocycles. The van der Waals surface area contributed by atoms with Gasteiger partial charge >= 0.3 is 0 Å². The highest BCUT2D eigenvalue weighted by atomic mass is 35.5. The van der Waals surface area contributed by atoms with Gasteiger partial charge in [-0.25, -0.2) is 8.42 Å². The smallest absolute Gasteiger partial charge is 0.240 e. The lowest BCUT2D eigenvalue weighted by atomic mass is 10.2. The van der Waals surface area contributed by atoms with Crippen molar-refractivity contribution < 1.29 is 27.4 Å². The second-order valence-corrected chi connectivity index (χ2v) is 8.70. The van der Waals surface area contributed by atoms with Crippen LogP contribution in [0.4, 0.5) is 5.69 Å². The van der Waals surface area contributed by atoms with Crippen LogP contribution in [0.15, 0.2) is 42.5 Å². The Balaban J connectivity index is 1.63. The van der Waals surface area contributed by atoms with Crippen molar-refractivity contribution in [3.63, 3.8) is 0 Å². The average molecular weight is 441 g/mol. The van der Waals surface area contributed by atoms with Crippen LogP contribution in [0.5, 0.6) is 17.2 Å². The minimum absolute atomic E-state index is 0.175. The molecule has 1 aliphatic heterocycles. The Kier molecular flexibility index (Phi) is 6.39. The fourth-order valence-corrected chi connectivity index (χ4v) is 3.89. The van der Waals surface area contributed by atoms with E-state index in [1.54, 1.807) is 18.2 Å². The van der Waals surface area contributed by atoms with Crippen LogP contribution in [0.3, 0.4) is 0 Å². The van der Waals surface area contributed by atoms with E-state index in [9.17, 15) is 13.2 Å². The van der Waals surface area contributed by atoms with E-state index in [0.29, 0.717) is 17.2 Å². The van der Waals surface area contributed by atoms with E-state index >= 15 is 0 Å². The maximum Gasteiger partial charge on any atom is 0.240 e. The fourth-order valence-electron chi connectivity index (χ4n) is 2.79. The Morgan fingerprint density at radius 1 is 1.28 bits per heavy atom. The molecular formula is C19H21ClN2O6S. The molecule has 2 aromatic carbocycles. The largest absolute Gasteiger partial charge is 0.495 e. The van der Waals surface area contributed by atoms with Crippen molar-refractivity contribution in [3.8, 4) is 17.2 Å². The number of anilines is 1. The summed E-state index contributed by atoms with van der Waals surface area (Å²) in [5.41, 5.74) is 0.264. The monoisotopic (exact) mass is 440 g/mol. The molecule has 10 heteroatoms. The number of hydrogen-bond acceptors (Lipinski definition) is 6. The number of nitrogens with one attached hydrogen (secondary N) is 1. The third-order valence-corrected chi connectivity index (χ3v) is 5.64. The SMILES string of the molecule is COc1ccc(N(CC(=O)NC[C@@H]2COc3ccccc3O2)S(C)(=O)=O)cc1Cl. The van der Waals surface area contributed by atoms with Gasteiger partial charge in [-0.05, 0) is 30.3 Å². The number of methoxy groups -OCH3 is 1. The number of ether oxygens (including phenoxy) is 3. The number of rotatable bonds is 7. The Hall–Kier alpha value is -2.65. The van der Waals surface area contributed by atoms with Crippen molar-refractivity contribution in [2.75, 3.05) is 37.4 Å². The number of benzene rings is 2. The first-order valence-electron chi connectivity index (χ1n) is 8.74. The highest BCUT2D eigenvalue weighted by Gasteiger charge is 2.24. The van der Waals surface area contributed by atoms with Gasteiger partial charge in [-0.15, -0.1) is 0 Å². The standard InChI is InChI=1S/C19H21ClN2O6S/c1-26-16-8-7-13(9-15(16)20)22(29(2,24)25)11-19(23)21-10-14-12-27-17-5-3-4-6-18(17)28-14/h3-9,14H,10-12H2,1-2H3,(H,21,23)/t14-/m1/s1. The first-order chi connectivity index (χ1) is 13.8. The lowest BCUT2D eigenvalue weighted by Crippen LogP contribution is -2.45. The summed E-state index contributed by atoms with van der Waals surface area (Å²) in [6, 6.07) is 11.7. The maximum atomic E-state index is 12.4. The van der Waals surface area contributed by atoms with E-state index in [1.165, 1.54) is 19.2 Å². The third kappa shape index (κ3) is 5.24. The zero-order valence-electron chi connectivity index (χ0n) is 15.9. The van der Waals surface area contributed by atoms with Crippen molar-refractivity contribution in [2.24, 2.45) is 0 Å².